The van der Waals surface area contributed by atoms with Crippen LogP contribution in [0.5, 0.6) is 0 Å². The molecule has 1 N–H and O–H groups in total. The van der Waals surface area contributed by atoms with E-state index in [1.807, 2.05) is 19.1 Å². The van der Waals surface area contributed by atoms with E-state index in [0.717, 1.165) is 31.2 Å². The molecule has 0 aliphatic heterocycles. The van der Waals surface area contributed by atoms with Crippen molar-refractivity contribution in [3.63, 3.8) is 0 Å². The Hall–Kier alpha value is -1.82. The van der Waals surface area contributed by atoms with Crippen molar-refractivity contribution in [2.75, 3.05) is 0 Å². The van der Waals surface area contributed by atoms with Crippen LogP contribution < -0.4 is 5.32 Å². The van der Waals surface area contributed by atoms with Gasteiger partial charge in [0.15, 0.2) is 0 Å². The van der Waals surface area contributed by atoms with Gasteiger partial charge in [-0.25, -0.2) is 0 Å². The number of amides is 1. The van der Waals surface area contributed by atoms with E-state index in [0.29, 0.717) is 11.5 Å². The zero-order chi connectivity index (χ0) is 13.9. The maximum atomic E-state index is 12.2. The van der Waals surface area contributed by atoms with E-state index in [-0.39, 0.29) is 5.91 Å². The molecule has 0 unspecified atom stereocenters. The van der Waals surface area contributed by atoms with E-state index in [2.05, 4.69) is 18.3 Å². The van der Waals surface area contributed by atoms with Crippen molar-refractivity contribution in [1.29, 1.82) is 5.26 Å². The van der Waals surface area contributed by atoms with Gasteiger partial charge in [-0.1, -0.05) is 24.6 Å². The number of hydrogen-bond donors (Lipinski definition) is 1. The van der Waals surface area contributed by atoms with Gasteiger partial charge in [-0.05, 0) is 50.7 Å². The molecule has 0 saturated heterocycles. The van der Waals surface area contributed by atoms with Crippen LogP contribution in [0.4, 0.5) is 0 Å². The molecule has 100 valence electrons. The second-order valence-corrected chi connectivity index (χ2v) is 5.70. The average Bonchev–Trinajstić information content (AvgIpc) is 2.42. The van der Waals surface area contributed by atoms with Crippen molar-refractivity contribution < 1.29 is 4.79 Å². The molecule has 1 aromatic carbocycles. The van der Waals surface area contributed by atoms with Crippen LogP contribution in [0.1, 0.15) is 48.5 Å². The minimum Gasteiger partial charge on any atom is -0.334 e. The summed E-state index contributed by atoms with van der Waals surface area (Å²) in [4.78, 5) is 12.2. The summed E-state index contributed by atoms with van der Waals surface area (Å²) in [5.74, 6) is 0.508. The topological polar surface area (TPSA) is 52.9 Å². The van der Waals surface area contributed by atoms with E-state index < -0.39 is 5.54 Å². The van der Waals surface area contributed by atoms with Crippen molar-refractivity contribution in [3.05, 3.63) is 35.4 Å². The minimum atomic E-state index is -0.672. The van der Waals surface area contributed by atoms with Gasteiger partial charge < -0.3 is 5.32 Å². The summed E-state index contributed by atoms with van der Waals surface area (Å²) in [6, 6.07) is 9.76. The average molecular weight is 256 g/mol. The number of nitriles is 1. The van der Waals surface area contributed by atoms with E-state index in [1.165, 1.54) is 0 Å². The van der Waals surface area contributed by atoms with Gasteiger partial charge in [0, 0.05) is 5.56 Å². The molecule has 1 saturated carbocycles. The van der Waals surface area contributed by atoms with Crippen LogP contribution in [0.25, 0.3) is 0 Å². The zero-order valence-corrected chi connectivity index (χ0v) is 11.6. The molecular formula is C16H20N2O. The molecule has 0 spiro atoms. The number of carbonyl (C=O) groups excluding carboxylic acids is 1. The molecule has 0 heterocycles. The molecule has 1 aromatic rings. The van der Waals surface area contributed by atoms with E-state index >= 15 is 0 Å². The summed E-state index contributed by atoms with van der Waals surface area (Å²) in [5.41, 5.74) is 1.07. The van der Waals surface area contributed by atoms with Gasteiger partial charge in [0.25, 0.3) is 5.91 Å². The Morgan fingerprint density at radius 2 is 1.89 bits per heavy atom. The number of nitrogens with one attached hydrogen (secondary N) is 1. The van der Waals surface area contributed by atoms with Gasteiger partial charge in [-0.2, -0.15) is 5.26 Å². The lowest BCUT2D eigenvalue weighted by atomic mass is 9.78. The van der Waals surface area contributed by atoms with Gasteiger partial charge in [-0.15, -0.1) is 0 Å². The lowest BCUT2D eigenvalue weighted by molar-refractivity contribution is 0.0894. The fourth-order valence-corrected chi connectivity index (χ4v) is 2.51. The Morgan fingerprint density at radius 1 is 1.32 bits per heavy atom. The smallest absolute Gasteiger partial charge is 0.252 e. The highest BCUT2D eigenvalue weighted by Crippen LogP contribution is 2.31. The first-order chi connectivity index (χ1) is 9.04. The lowest BCUT2D eigenvalue weighted by Crippen LogP contribution is -2.49. The first kappa shape index (κ1) is 13.6. The van der Waals surface area contributed by atoms with E-state index in [4.69, 9.17) is 0 Å². The maximum absolute atomic E-state index is 12.2. The highest BCUT2D eigenvalue weighted by Gasteiger charge is 2.35. The molecule has 0 bridgehead atoms. The molecule has 1 aliphatic carbocycles. The summed E-state index contributed by atoms with van der Waals surface area (Å²) in [5, 5.41) is 12.3. The second kappa shape index (κ2) is 5.44. The number of benzene rings is 1. The fraction of sp³-hybridized carbons (Fsp3) is 0.500. The van der Waals surface area contributed by atoms with Crippen LogP contribution >= 0.6 is 0 Å². The van der Waals surface area contributed by atoms with E-state index in [9.17, 15) is 10.1 Å². The van der Waals surface area contributed by atoms with Crippen molar-refractivity contribution in [3.8, 4) is 6.07 Å². The maximum Gasteiger partial charge on any atom is 0.252 e. The SMILES string of the molecule is Cc1ccc(C(=O)NC2(C#N)CCC(C)CC2)cc1. The van der Waals surface area contributed by atoms with Crippen LogP contribution in [0.15, 0.2) is 24.3 Å². The molecule has 3 nitrogen and oxygen atoms in total. The van der Waals surface area contributed by atoms with Crippen LogP contribution in [-0.4, -0.2) is 11.4 Å². The Bertz CT molecular complexity index is 490. The van der Waals surface area contributed by atoms with Crippen LogP contribution in [0.2, 0.25) is 0 Å². The third-order valence-corrected chi connectivity index (χ3v) is 4.01. The van der Waals surface area contributed by atoms with Crippen molar-refractivity contribution in [2.45, 2.75) is 45.1 Å². The molecule has 0 radical (unpaired) electrons. The predicted octanol–water partition coefficient (Wildman–Crippen LogP) is 3.20. The Balaban J connectivity index is 2.09. The standard InChI is InChI=1S/C16H20N2O/c1-12-3-5-14(6-4-12)15(19)18-16(11-17)9-7-13(2)8-10-16/h3-6,13H,7-10H2,1-2H3,(H,18,19). The number of nitrogens with zero attached hydrogens (tertiary/aromatic N) is 1. The molecule has 0 atom stereocenters. The zero-order valence-electron chi connectivity index (χ0n) is 11.6. The molecule has 2 rings (SSSR count). The molecule has 19 heavy (non-hydrogen) atoms. The molecule has 0 aromatic heterocycles. The van der Waals surface area contributed by atoms with Gasteiger partial charge in [0.05, 0.1) is 6.07 Å². The first-order valence-electron chi connectivity index (χ1n) is 6.85. The van der Waals surface area contributed by atoms with Crippen molar-refractivity contribution in [2.24, 2.45) is 5.92 Å². The van der Waals surface area contributed by atoms with E-state index in [1.54, 1.807) is 12.1 Å². The molecule has 3 heteroatoms. The van der Waals surface area contributed by atoms with Crippen LogP contribution in [0.3, 0.4) is 0 Å². The third kappa shape index (κ3) is 3.14. The monoisotopic (exact) mass is 256 g/mol. The minimum absolute atomic E-state index is 0.142. The fourth-order valence-electron chi connectivity index (χ4n) is 2.51. The summed E-state index contributed by atoms with van der Waals surface area (Å²) < 4.78 is 0. The van der Waals surface area contributed by atoms with Gasteiger partial charge in [0.2, 0.25) is 0 Å². The first-order valence-corrected chi connectivity index (χ1v) is 6.85. The number of rotatable bonds is 2. The lowest BCUT2D eigenvalue weighted by Gasteiger charge is -2.34. The second-order valence-electron chi connectivity index (χ2n) is 5.70. The summed E-state index contributed by atoms with van der Waals surface area (Å²) in [6.45, 7) is 4.18. The van der Waals surface area contributed by atoms with Gasteiger partial charge in [-0.3, -0.25) is 4.79 Å². The summed E-state index contributed by atoms with van der Waals surface area (Å²) in [6.07, 6.45) is 3.51. The van der Waals surface area contributed by atoms with Crippen LogP contribution in [0, 0.1) is 24.2 Å². The molecule has 1 amide bonds. The summed E-state index contributed by atoms with van der Waals surface area (Å²) in [7, 11) is 0. The largest absolute Gasteiger partial charge is 0.334 e. The van der Waals surface area contributed by atoms with Gasteiger partial charge >= 0.3 is 0 Å². The third-order valence-electron chi connectivity index (χ3n) is 4.01. The summed E-state index contributed by atoms with van der Waals surface area (Å²) >= 11 is 0. The quantitative estimate of drug-likeness (QED) is 0.883. The highest BCUT2D eigenvalue weighted by atomic mass is 16.1. The number of hydrogen-bond acceptors (Lipinski definition) is 2. The molecule has 1 aliphatic rings. The molecule has 1 fully saturated rings. The van der Waals surface area contributed by atoms with Gasteiger partial charge in [0.1, 0.15) is 5.54 Å². The van der Waals surface area contributed by atoms with Crippen molar-refractivity contribution >= 4 is 5.91 Å². The highest BCUT2D eigenvalue weighted by molar-refractivity contribution is 5.95. The number of aryl methyl sites for hydroxylation is 1. The Kier molecular flexibility index (Phi) is 3.90. The Labute approximate surface area is 114 Å². The normalized spacial score (nSPS) is 26.5. The molecular weight excluding hydrogens is 236 g/mol. The number of carbonyl (C=O) groups is 1. The van der Waals surface area contributed by atoms with Crippen LogP contribution in [-0.2, 0) is 0 Å². The predicted molar refractivity (Wildman–Crippen MR) is 74.6 cm³/mol. The van der Waals surface area contributed by atoms with Crippen molar-refractivity contribution in [1.82, 2.24) is 5.32 Å². The Morgan fingerprint density at radius 3 is 2.42 bits per heavy atom.